The van der Waals surface area contributed by atoms with Crippen LogP contribution in [0, 0.1) is 23.0 Å². The number of sulfone groups is 1. The first-order valence-electron chi connectivity index (χ1n) is 11.1. The number of nitrogens with one attached hydrogen (secondary N) is 1. The highest BCUT2D eigenvalue weighted by atomic mass is 32.2. The van der Waals surface area contributed by atoms with Crippen LogP contribution < -0.4 is 5.32 Å². The quantitative estimate of drug-likeness (QED) is 0.492. The van der Waals surface area contributed by atoms with Gasteiger partial charge < -0.3 is 15.2 Å². The summed E-state index contributed by atoms with van der Waals surface area (Å²) in [6, 6.07) is 7.28. The van der Waals surface area contributed by atoms with E-state index < -0.39 is 55.0 Å². The summed E-state index contributed by atoms with van der Waals surface area (Å²) in [6.45, 7) is 0. The van der Waals surface area contributed by atoms with E-state index in [4.69, 9.17) is 15.1 Å². The van der Waals surface area contributed by atoms with Gasteiger partial charge in [0, 0.05) is 7.11 Å². The molecule has 4 rings (SSSR count). The summed E-state index contributed by atoms with van der Waals surface area (Å²) in [5.41, 5.74) is -2.11. The lowest BCUT2D eigenvalue weighted by Crippen LogP contribution is -2.33. The molecule has 2 N–H and O–H groups in total. The summed E-state index contributed by atoms with van der Waals surface area (Å²) >= 11 is 0. The highest BCUT2D eigenvalue weighted by Gasteiger charge is 2.45. The van der Waals surface area contributed by atoms with E-state index in [1.54, 1.807) is 0 Å². The Bertz CT molecular complexity index is 1320. The molecule has 37 heavy (non-hydrogen) atoms. The zero-order valence-corrected chi connectivity index (χ0v) is 20.3. The summed E-state index contributed by atoms with van der Waals surface area (Å²) in [5.74, 6) is -2.34. The Hall–Kier alpha value is -3.24. The first-order chi connectivity index (χ1) is 17.2. The van der Waals surface area contributed by atoms with Crippen molar-refractivity contribution in [2.75, 3.05) is 7.11 Å². The Labute approximate surface area is 209 Å². The number of nitriles is 1. The monoisotopic (exact) mass is 546 g/mol. The zero-order valence-electron chi connectivity index (χ0n) is 19.5. The fourth-order valence-electron chi connectivity index (χ4n) is 4.03. The van der Waals surface area contributed by atoms with Gasteiger partial charge in [-0.3, -0.25) is 0 Å². The average Bonchev–Trinajstić information content (AvgIpc) is 3.42. The number of ether oxygens (including phenoxy) is 1. The van der Waals surface area contributed by atoms with Crippen molar-refractivity contribution >= 4 is 15.9 Å². The van der Waals surface area contributed by atoms with E-state index in [1.165, 1.54) is 7.11 Å². The number of methoxy groups -OCH3 is 1. The van der Waals surface area contributed by atoms with Crippen LogP contribution in [0.4, 0.5) is 26.7 Å². The summed E-state index contributed by atoms with van der Waals surface area (Å²) < 4.78 is 98.2. The lowest BCUT2D eigenvalue weighted by Gasteiger charge is -2.18. The van der Waals surface area contributed by atoms with Gasteiger partial charge in [-0.1, -0.05) is 12.1 Å². The molecule has 0 aromatic heterocycles. The number of hydrogen-bond acceptors (Lipinski definition) is 5. The number of hydrogen-bond donors (Lipinski definition) is 2. The molecular weight excluding hydrogens is 523 g/mol. The summed E-state index contributed by atoms with van der Waals surface area (Å²) in [4.78, 5) is 9.14. The second-order valence-electron chi connectivity index (χ2n) is 8.80. The molecule has 2 atom stereocenters. The maximum absolute atomic E-state index is 13.6. The van der Waals surface area contributed by atoms with Gasteiger partial charge in [-0.25, -0.2) is 22.0 Å². The van der Waals surface area contributed by atoms with Crippen LogP contribution in [0.3, 0.4) is 0 Å². The first-order valence-corrected chi connectivity index (χ1v) is 12.6. The third kappa shape index (κ3) is 6.56. The molecule has 13 heteroatoms. The fourth-order valence-corrected chi connectivity index (χ4v) is 6.04. The van der Waals surface area contributed by atoms with Gasteiger partial charge in [-0.05, 0) is 67.5 Å². The average molecular weight is 547 g/mol. The number of carbonyl (C=O) groups is 1. The Kier molecular flexibility index (Phi) is 8.14. The molecule has 2 aliphatic rings. The predicted octanol–water partition coefficient (Wildman–Crippen LogP) is 5.30. The summed E-state index contributed by atoms with van der Waals surface area (Å²) in [5, 5.41) is 17.7. The van der Waals surface area contributed by atoms with E-state index in [9.17, 15) is 35.2 Å². The van der Waals surface area contributed by atoms with Gasteiger partial charge in [-0.2, -0.15) is 18.4 Å². The second kappa shape index (κ2) is 10.6. The molecule has 0 unspecified atom stereocenters. The Balaban J connectivity index is 0.000000356. The van der Waals surface area contributed by atoms with Crippen LogP contribution in [0.5, 0.6) is 0 Å². The van der Waals surface area contributed by atoms with Gasteiger partial charge in [0.25, 0.3) is 0 Å². The molecule has 7 nitrogen and oxygen atoms in total. The smallest absolute Gasteiger partial charge is 0.417 e. The molecule has 1 amide bonds. The number of alkyl halides is 3. The molecule has 2 aliphatic carbocycles. The molecule has 0 heterocycles. The fraction of sp³-hybridized carbons (Fsp3) is 0.417. The standard InChI is InChI=1S/C19H17F5O3S.C5H6N2O2/c1-27-13-4-5-14(10-13)28(25,26)18-7-3-11(8-15(18)19(22,23)24)12-2-6-16(20)17(21)9-12;6-3-5(1-2-5)7-4(8)9/h2-3,6-9,13-14H,4-5,10H2,1H3;7H,1-2H2,(H,8,9)/t13-,14-;/m0./s1. The normalized spacial score (nSPS) is 20.4. The Morgan fingerprint density at radius 3 is 2.19 bits per heavy atom. The number of benzene rings is 2. The Morgan fingerprint density at radius 1 is 1.11 bits per heavy atom. The van der Waals surface area contributed by atoms with Crippen molar-refractivity contribution in [2.45, 2.75) is 60.1 Å². The van der Waals surface area contributed by atoms with Crippen LogP contribution in [-0.4, -0.2) is 43.6 Å². The van der Waals surface area contributed by atoms with Crippen LogP contribution in [0.15, 0.2) is 41.3 Å². The molecule has 0 bridgehead atoms. The van der Waals surface area contributed by atoms with Crippen molar-refractivity contribution < 1.29 is 45.0 Å². The van der Waals surface area contributed by atoms with Crippen LogP contribution in [0.1, 0.15) is 37.7 Å². The first kappa shape index (κ1) is 28.3. The minimum absolute atomic E-state index is 0.00802. The minimum atomic E-state index is -4.93. The third-order valence-corrected chi connectivity index (χ3v) is 8.54. The van der Waals surface area contributed by atoms with Gasteiger partial charge in [0.1, 0.15) is 5.54 Å². The summed E-state index contributed by atoms with van der Waals surface area (Å²) in [7, 11) is -2.82. The van der Waals surface area contributed by atoms with Crippen molar-refractivity contribution in [1.29, 1.82) is 5.26 Å². The number of carboxylic acid groups (broad SMARTS) is 1. The molecule has 0 radical (unpaired) electrons. The molecule has 0 aliphatic heterocycles. The van der Waals surface area contributed by atoms with Crippen LogP contribution in [0.25, 0.3) is 11.1 Å². The van der Waals surface area contributed by atoms with Crippen molar-refractivity contribution in [1.82, 2.24) is 5.32 Å². The number of rotatable bonds is 5. The van der Waals surface area contributed by atoms with Crippen LogP contribution >= 0.6 is 0 Å². The predicted molar refractivity (Wildman–Crippen MR) is 121 cm³/mol. The number of halogens is 5. The largest absolute Gasteiger partial charge is 0.465 e. The SMILES string of the molecule is CO[C@H]1CC[C@H](S(=O)(=O)c2ccc(-c3ccc(F)c(F)c3)cc2C(F)(F)F)C1.N#CC1(NC(=O)O)CC1. The molecule has 200 valence electrons. The van der Waals surface area contributed by atoms with Crippen molar-refractivity contribution in [3.63, 3.8) is 0 Å². The highest BCUT2D eigenvalue weighted by Crippen LogP contribution is 2.40. The van der Waals surface area contributed by atoms with Gasteiger partial charge >= 0.3 is 12.3 Å². The molecular formula is C24H23F5N2O5S. The molecule has 0 spiro atoms. The van der Waals surface area contributed by atoms with E-state index >= 15 is 0 Å². The molecule has 2 aromatic rings. The molecule has 2 aromatic carbocycles. The zero-order chi connectivity index (χ0) is 27.6. The maximum atomic E-state index is 13.6. The van der Waals surface area contributed by atoms with Gasteiger partial charge in [0.2, 0.25) is 0 Å². The lowest BCUT2D eigenvalue weighted by atomic mass is 10.0. The van der Waals surface area contributed by atoms with Crippen LogP contribution in [-0.2, 0) is 20.8 Å². The van der Waals surface area contributed by atoms with Crippen molar-refractivity contribution in [3.8, 4) is 17.2 Å². The van der Waals surface area contributed by atoms with Gasteiger partial charge in [0.15, 0.2) is 21.5 Å². The van der Waals surface area contributed by atoms with Gasteiger partial charge in [0.05, 0.1) is 27.9 Å². The summed E-state index contributed by atoms with van der Waals surface area (Å²) in [6.07, 6.45) is -4.27. The van der Waals surface area contributed by atoms with E-state index in [0.29, 0.717) is 25.3 Å². The molecule has 2 fully saturated rings. The third-order valence-electron chi connectivity index (χ3n) is 6.26. The van der Waals surface area contributed by atoms with Crippen molar-refractivity contribution in [2.24, 2.45) is 0 Å². The minimum Gasteiger partial charge on any atom is -0.465 e. The van der Waals surface area contributed by atoms with Gasteiger partial charge in [-0.15, -0.1) is 0 Å². The lowest BCUT2D eigenvalue weighted by molar-refractivity contribution is -0.139. The Morgan fingerprint density at radius 2 is 1.73 bits per heavy atom. The van der Waals surface area contributed by atoms with Crippen molar-refractivity contribution in [3.05, 3.63) is 53.6 Å². The highest BCUT2D eigenvalue weighted by molar-refractivity contribution is 7.92. The maximum Gasteiger partial charge on any atom is 0.417 e. The molecule has 0 saturated heterocycles. The second-order valence-corrected chi connectivity index (χ2v) is 11.0. The topological polar surface area (TPSA) is 116 Å². The molecule has 2 saturated carbocycles. The number of nitrogens with zero attached hydrogens (tertiary/aromatic N) is 1. The van der Waals surface area contributed by atoms with Crippen LogP contribution in [0.2, 0.25) is 0 Å². The number of amides is 1. The van der Waals surface area contributed by atoms with E-state index in [-0.39, 0.29) is 30.1 Å². The van der Waals surface area contributed by atoms with E-state index in [2.05, 4.69) is 5.32 Å². The van der Waals surface area contributed by atoms with E-state index in [0.717, 1.165) is 30.3 Å². The van der Waals surface area contributed by atoms with E-state index in [1.807, 2.05) is 6.07 Å².